The van der Waals surface area contributed by atoms with Crippen LogP contribution in [0.5, 0.6) is 11.5 Å². The average molecular weight is 1590 g/mol. The summed E-state index contributed by atoms with van der Waals surface area (Å²) in [5.41, 5.74) is 2.24. The zero-order valence-electron chi connectivity index (χ0n) is 60.3. The second kappa shape index (κ2) is 35.2. The van der Waals surface area contributed by atoms with Gasteiger partial charge in [-0.2, -0.15) is 0 Å². The van der Waals surface area contributed by atoms with E-state index in [0.717, 1.165) is 37.1 Å². The maximum atomic E-state index is 15.0. The lowest BCUT2D eigenvalue weighted by Gasteiger charge is -2.48. The Labute approximate surface area is 640 Å². The van der Waals surface area contributed by atoms with Crippen molar-refractivity contribution in [3.8, 4) is 11.5 Å². The fourth-order valence-corrected chi connectivity index (χ4v) is 15.8. The van der Waals surface area contributed by atoms with Crippen molar-refractivity contribution in [2.45, 2.75) is 220 Å². The van der Waals surface area contributed by atoms with E-state index in [1.807, 2.05) is 0 Å². The number of carbonyl (C=O) groups excluding carboxylic acids is 7. The van der Waals surface area contributed by atoms with Gasteiger partial charge >= 0.3 is 36.6 Å². The standard InChI is InChI=1S/C40H40F4N2O11.C33H34F4N2O11.C6H8/c41-23-11-16-29-27(19-23)32(26-7-4-8-28(26)46(29)37(52)22-9-14-25(15-10-22)57-40(42,43)44)45(24-12-13-24)30(47)17-18-31(48)55-39-35(51)33(49)34(50)36(56-39)38(53)54-20-21-5-2-1-3-6-21;34-16-6-11-22-20(14-16)25(19-2-1-3-21(19)39(22)30(45)15-4-9-18(10-5-15)50-33(35,36)37)38(17-7-8-17)23(40)12-13-24(41)48-32-28(44)26(42)27(43)29(49-32)31(46)47;1-2-4-6-5-3-1/h1-3,5-6,9-11,14-16,19,24,26,28,32-36,39,49-51H,4,7-8,12-13,17-18,20H2;4-6,9-11,14,17,19,21,25-29,32,42-44H,1-3,7-8,12-13H2,(H,46,47);1-2,5-6H,3-4H2/t26-,28+,32-,33?,34?,35?,36?,39?;19-,21+,25-,26?,27?,28?,29?,32?;/m11./s1. The van der Waals surface area contributed by atoms with Crippen LogP contribution in [-0.2, 0) is 59.1 Å². The summed E-state index contributed by atoms with van der Waals surface area (Å²) in [6.07, 6.45) is -13.8. The van der Waals surface area contributed by atoms with Crippen LogP contribution in [0.1, 0.15) is 152 Å². The molecule has 4 saturated carbocycles. The minimum atomic E-state index is -4.91. The van der Waals surface area contributed by atoms with E-state index in [0.29, 0.717) is 92.3 Å². The molecule has 0 radical (unpaired) electrons. The molecule has 606 valence electrons. The summed E-state index contributed by atoms with van der Waals surface area (Å²) in [4.78, 5) is 112. The van der Waals surface area contributed by atoms with E-state index in [2.05, 4.69) is 33.8 Å². The number of aliphatic hydroxyl groups excluding tert-OH is 6. The topological polar surface area (TPSA) is 356 Å². The molecule has 5 aromatic carbocycles. The number of aliphatic carboxylic acids is 1. The Morgan fingerprint density at radius 1 is 0.469 bits per heavy atom. The molecule has 9 aliphatic rings. The molecular weight excluding hydrogens is 1510 g/mol. The minimum absolute atomic E-state index is 0.0799. The molecule has 6 fully saturated rings. The summed E-state index contributed by atoms with van der Waals surface area (Å²) in [7, 11) is 0. The first-order chi connectivity index (χ1) is 53.8. The molecule has 14 rings (SSSR count). The number of halogens is 8. The molecular formula is C79H82F8N4O22. The number of allylic oxidation sites excluding steroid dienone is 4. The number of alkyl halides is 6. The molecule has 2 saturated heterocycles. The predicted molar refractivity (Wildman–Crippen MR) is 376 cm³/mol. The summed E-state index contributed by atoms with van der Waals surface area (Å²) in [6.45, 7) is -0.180. The van der Waals surface area contributed by atoms with Gasteiger partial charge in [0, 0.05) is 82.5 Å². The quantitative estimate of drug-likeness (QED) is 0.0165. The van der Waals surface area contributed by atoms with E-state index in [9.17, 15) is 105 Å². The number of nitrogens with zero attached hydrogens (tertiary/aromatic N) is 4. The molecule has 113 heavy (non-hydrogen) atoms. The first-order valence-electron chi connectivity index (χ1n) is 37.0. The molecule has 4 heterocycles. The maximum Gasteiger partial charge on any atom is 0.573 e. The van der Waals surface area contributed by atoms with Gasteiger partial charge in [-0.1, -0.05) is 67.5 Å². The van der Waals surface area contributed by atoms with Crippen molar-refractivity contribution in [2.75, 3.05) is 9.80 Å². The number of ether oxygens (including phenoxy) is 7. The molecule has 5 aromatic rings. The minimum Gasteiger partial charge on any atom is -0.479 e. The van der Waals surface area contributed by atoms with Gasteiger partial charge in [0.05, 0.1) is 24.9 Å². The number of hydrogen-bond donors (Lipinski definition) is 7. The molecule has 7 N–H and O–H groups in total. The van der Waals surface area contributed by atoms with Gasteiger partial charge in [-0.25, -0.2) is 18.4 Å². The van der Waals surface area contributed by atoms with E-state index < -0.39 is 182 Å². The average Bonchev–Trinajstić information content (AvgIpc) is 1.71. The van der Waals surface area contributed by atoms with Gasteiger partial charge < -0.3 is 88.5 Å². The number of amides is 4. The number of esters is 3. The third-order valence-corrected chi connectivity index (χ3v) is 21.1. The zero-order chi connectivity index (χ0) is 80.9. The third kappa shape index (κ3) is 19.5. The molecule has 4 amide bonds. The fourth-order valence-electron chi connectivity index (χ4n) is 15.8. The second-order valence-electron chi connectivity index (χ2n) is 28.8. The molecule has 0 spiro atoms. The maximum absolute atomic E-state index is 15.0. The Kier molecular flexibility index (Phi) is 25.7. The fraction of sp³-hybridized carbons (Fsp3) is 0.468. The van der Waals surface area contributed by atoms with Crippen LogP contribution in [0.25, 0.3) is 0 Å². The van der Waals surface area contributed by atoms with Crippen molar-refractivity contribution in [3.63, 3.8) is 0 Å². The van der Waals surface area contributed by atoms with Crippen molar-refractivity contribution in [2.24, 2.45) is 11.8 Å². The number of carboxylic acid groups (broad SMARTS) is 1. The molecule has 5 aliphatic carbocycles. The number of carboxylic acids is 1. The van der Waals surface area contributed by atoms with E-state index in [1.54, 1.807) is 40.1 Å². The predicted octanol–water partition coefficient (Wildman–Crippen LogP) is 9.15. The second-order valence-corrected chi connectivity index (χ2v) is 28.8. The van der Waals surface area contributed by atoms with Crippen molar-refractivity contribution in [1.29, 1.82) is 0 Å². The molecule has 34 heteroatoms. The normalized spacial score (nSPS) is 27.4. The lowest BCUT2D eigenvalue weighted by molar-refractivity contribution is -0.287. The van der Waals surface area contributed by atoms with Crippen LogP contribution in [0.15, 0.2) is 140 Å². The van der Waals surface area contributed by atoms with Crippen LogP contribution in [0.3, 0.4) is 0 Å². The van der Waals surface area contributed by atoms with Crippen molar-refractivity contribution < 1.29 is 142 Å². The highest BCUT2D eigenvalue weighted by Crippen LogP contribution is 2.55. The van der Waals surface area contributed by atoms with E-state index in [1.165, 1.54) is 70.5 Å². The summed E-state index contributed by atoms with van der Waals surface area (Å²) >= 11 is 0. The highest BCUT2D eigenvalue weighted by Gasteiger charge is 2.56. The smallest absolute Gasteiger partial charge is 0.479 e. The molecule has 4 aliphatic heterocycles. The van der Waals surface area contributed by atoms with Crippen molar-refractivity contribution >= 4 is 58.9 Å². The first-order valence-corrected chi connectivity index (χ1v) is 37.0. The molecule has 26 nitrogen and oxygen atoms in total. The number of anilines is 2. The monoisotopic (exact) mass is 1590 g/mol. The number of benzene rings is 5. The van der Waals surface area contributed by atoms with Gasteiger partial charge in [0.25, 0.3) is 11.8 Å². The van der Waals surface area contributed by atoms with Gasteiger partial charge in [0.15, 0.2) is 12.2 Å². The van der Waals surface area contributed by atoms with Gasteiger partial charge in [-0.05, 0) is 155 Å². The first kappa shape index (κ1) is 82.5. The Balaban J connectivity index is 0.000000196. The van der Waals surface area contributed by atoms with Gasteiger partial charge in [-0.15, -0.1) is 26.3 Å². The Bertz CT molecular complexity index is 4320. The van der Waals surface area contributed by atoms with Crippen molar-refractivity contribution in [1.82, 2.24) is 9.80 Å². The van der Waals surface area contributed by atoms with Crippen molar-refractivity contribution in [3.05, 3.63) is 179 Å². The number of carbonyl (C=O) groups is 8. The highest BCUT2D eigenvalue weighted by molar-refractivity contribution is 6.08. The summed E-state index contributed by atoms with van der Waals surface area (Å²) in [6, 6.07) is 22.7. The van der Waals surface area contributed by atoms with E-state index >= 15 is 4.39 Å². The van der Waals surface area contributed by atoms with Gasteiger partial charge in [-0.3, -0.25) is 28.8 Å². The van der Waals surface area contributed by atoms with Crippen LogP contribution >= 0.6 is 0 Å². The van der Waals surface area contributed by atoms with Crippen LogP contribution < -0.4 is 19.3 Å². The van der Waals surface area contributed by atoms with Gasteiger partial charge in [0.2, 0.25) is 24.4 Å². The van der Waals surface area contributed by atoms with E-state index in [-0.39, 0.29) is 54.5 Å². The third-order valence-electron chi connectivity index (χ3n) is 21.1. The number of aliphatic hydroxyl groups is 6. The molecule has 10 unspecified atom stereocenters. The molecule has 16 atom stereocenters. The highest BCUT2D eigenvalue weighted by atomic mass is 19.4. The lowest BCUT2D eigenvalue weighted by Crippen LogP contribution is -2.60. The summed E-state index contributed by atoms with van der Waals surface area (Å²) in [5, 5.41) is 70.7. The van der Waals surface area contributed by atoms with Crippen LogP contribution in [0.2, 0.25) is 0 Å². The Hall–Kier alpha value is -9.94. The largest absolute Gasteiger partial charge is 0.573 e. The lowest BCUT2D eigenvalue weighted by atomic mass is 9.81. The number of hydrogen-bond acceptors (Lipinski definition) is 21. The zero-order valence-corrected chi connectivity index (χ0v) is 60.3. The summed E-state index contributed by atoms with van der Waals surface area (Å²) in [5.74, 6) is -9.67. The van der Waals surface area contributed by atoms with Crippen LogP contribution in [0, 0.1) is 23.5 Å². The number of fused-ring (bicyclic) bond motifs is 4. The van der Waals surface area contributed by atoms with Gasteiger partial charge in [0.1, 0.15) is 66.4 Å². The summed E-state index contributed by atoms with van der Waals surface area (Å²) < 4.78 is 140. The SMILES string of the molecule is C1=CCC=CC1.O=C(CCC(=O)N(C1CC1)[C@H]1c2cc(F)ccc2N(C(=O)c2ccc(OC(F)(F)F)cc2)[C@H]2CCC[C@H]21)OC1OC(C(=O)O)C(O)C(O)C1O.O=C(CCC(=O)N(C1CC1)[C@H]1c2cc(F)ccc2N(C(=O)c2ccc(OC(F)(F)F)cc2)[C@H]2CCC[C@H]21)OC1OC(C(=O)OCc2ccccc2)C(O)C(O)C1O. The Morgan fingerprint density at radius 3 is 1.25 bits per heavy atom. The van der Waals surface area contributed by atoms with Crippen LogP contribution in [0.4, 0.5) is 46.5 Å². The molecule has 0 bridgehead atoms. The number of rotatable bonds is 20. The molecule has 0 aromatic heterocycles. The van der Waals surface area contributed by atoms with E-state index in [4.69, 9.17) is 23.7 Å². The Morgan fingerprint density at radius 2 is 0.867 bits per heavy atom. The van der Waals surface area contributed by atoms with Crippen LogP contribution in [-0.4, -0.2) is 191 Å².